The van der Waals surface area contributed by atoms with Gasteiger partial charge in [-0.15, -0.1) is 0 Å². The smallest absolute Gasteiger partial charge is 0.114 e. The fourth-order valence-electron chi connectivity index (χ4n) is 1.34. The molecular weight excluding hydrogens is 176 g/mol. The van der Waals surface area contributed by atoms with E-state index in [2.05, 4.69) is 16.7 Å². The minimum atomic E-state index is 0.217. The molecule has 14 heavy (non-hydrogen) atoms. The predicted octanol–water partition coefficient (Wildman–Crippen LogP) is 1.04. The maximum atomic E-state index is 5.59. The third-order valence-corrected chi connectivity index (χ3v) is 2.08. The first-order valence-electron chi connectivity index (χ1n) is 5.22. The third kappa shape index (κ3) is 4.44. The third-order valence-electron chi connectivity index (χ3n) is 2.08. The van der Waals surface area contributed by atoms with E-state index in [1.54, 1.807) is 0 Å². The summed E-state index contributed by atoms with van der Waals surface area (Å²) in [5.41, 5.74) is 0. The Morgan fingerprint density at radius 2 is 2.29 bits per heavy atom. The summed E-state index contributed by atoms with van der Waals surface area (Å²) in [6.45, 7) is 4.96. The first-order chi connectivity index (χ1) is 6.83. The van der Waals surface area contributed by atoms with Crippen LogP contribution in [0.3, 0.4) is 0 Å². The predicted molar refractivity (Wildman–Crippen MR) is 59.2 cm³/mol. The molecule has 1 aliphatic rings. The van der Waals surface area contributed by atoms with E-state index in [1.807, 2.05) is 26.1 Å². The number of hydrogen-bond donors (Lipinski definition) is 2. The van der Waals surface area contributed by atoms with Crippen LogP contribution in [0.4, 0.5) is 0 Å². The number of allylic oxidation sites excluding steroid dienone is 2. The average molecular weight is 196 g/mol. The Balaban J connectivity index is 2.06. The van der Waals surface area contributed by atoms with Crippen LogP contribution in [-0.2, 0) is 4.74 Å². The van der Waals surface area contributed by atoms with Gasteiger partial charge in [-0.05, 0) is 45.6 Å². The summed E-state index contributed by atoms with van der Waals surface area (Å²) < 4.78 is 5.59. The zero-order valence-corrected chi connectivity index (χ0v) is 9.05. The molecule has 1 atom stereocenters. The zero-order chi connectivity index (χ0) is 10.2. The molecule has 1 unspecified atom stereocenters. The second kappa shape index (κ2) is 6.62. The highest BCUT2D eigenvalue weighted by molar-refractivity contribution is 5.14. The number of ether oxygens (including phenoxy) is 1. The van der Waals surface area contributed by atoms with Crippen LogP contribution in [0.1, 0.15) is 13.3 Å². The van der Waals surface area contributed by atoms with Crippen molar-refractivity contribution in [2.24, 2.45) is 0 Å². The van der Waals surface area contributed by atoms with Gasteiger partial charge in [0.05, 0.1) is 6.54 Å². The Bertz CT molecular complexity index is 211. The second-order valence-electron chi connectivity index (χ2n) is 3.47. The number of hydrogen-bond acceptors (Lipinski definition) is 3. The lowest BCUT2D eigenvalue weighted by molar-refractivity contribution is 0.160. The maximum absolute atomic E-state index is 5.59. The van der Waals surface area contributed by atoms with Crippen LogP contribution in [0, 0.1) is 0 Å². The molecule has 1 rings (SSSR count). The minimum absolute atomic E-state index is 0.217. The molecule has 0 aromatic carbocycles. The van der Waals surface area contributed by atoms with Crippen LogP contribution in [0.25, 0.3) is 0 Å². The normalized spacial score (nSPS) is 20.4. The highest BCUT2D eigenvalue weighted by Crippen LogP contribution is 2.08. The van der Waals surface area contributed by atoms with Gasteiger partial charge >= 0.3 is 0 Å². The van der Waals surface area contributed by atoms with E-state index in [4.69, 9.17) is 4.74 Å². The highest BCUT2D eigenvalue weighted by Gasteiger charge is 2.05. The molecule has 0 amide bonds. The lowest BCUT2D eigenvalue weighted by Crippen LogP contribution is -2.24. The van der Waals surface area contributed by atoms with Crippen molar-refractivity contribution >= 4 is 0 Å². The van der Waals surface area contributed by atoms with E-state index in [9.17, 15) is 0 Å². The molecule has 1 heterocycles. The van der Waals surface area contributed by atoms with Gasteiger partial charge in [-0.2, -0.15) is 0 Å². The lowest BCUT2D eigenvalue weighted by atomic mass is 10.2. The molecule has 0 fully saturated rings. The summed E-state index contributed by atoms with van der Waals surface area (Å²) >= 11 is 0. The summed E-state index contributed by atoms with van der Waals surface area (Å²) in [6.07, 6.45) is 7.48. The van der Waals surface area contributed by atoms with E-state index < -0.39 is 0 Å². The number of nitrogens with one attached hydrogen (secondary N) is 2. The maximum Gasteiger partial charge on any atom is 0.114 e. The summed E-state index contributed by atoms with van der Waals surface area (Å²) in [5.74, 6) is 1.03. The molecule has 0 saturated carbocycles. The lowest BCUT2D eigenvalue weighted by Gasteiger charge is -2.17. The van der Waals surface area contributed by atoms with Crippen LogP contribution in [0.5, 0.6) is 0 Å². The van der Waals surface area contributed by atoms with Crippen LogP contribution < -0.4 is 10.6 Å². The van der Waals surface area contributed by atoms with Crippen molar-refractivity contribution in [3.05, 3.63) is 24.0 Å². The Morgan fingerprint density at radius 3 is 3.00 bits per heavy atom. The Labute approximate surface area is 86.2 Å². The molecule has 3 nitrogen and oxygen atoms in total. The molecule has 0 bridgehead atoms. The van der Waals surface area contributed by atoms with Crippen molar-refractivity contribution < 1.29 is 4.74 Å². The van der Waals surface area contributed by atoms with Gasteiger partial charge in [-0.25, -0.2) is 0 Å². The summed E-state index contributed by atoms with van der Waals surface area (Å²) in [6, 6.07) is 0. The molecule has 0 spiro atoms. The number of rotatable bonds is 6. The van der Waals surface area contributed by atoms with Crippen molar-refractivity contribution in [2.45, 2.75) is 19.4 Å². The average Bonchev–Trinajstić information content (AvgIpc) is 2.18. The van der Waals surface area contributed by atoms with E-state index in [1.165, 1.54) is 0 Å². The van der Waals surface area contributed by atoms with Crippen LogP contribution in [0.2, 0.25) is 0 Å². The zero-order valence-electron chi connectivity index (χ0n) is 9.05. The van der Waals surface area contributed by atoms with Gasteiger partial charge in [0.15, 0.2) is 0 Å². The van der Waals surface area contributed by atoms with E-state index in [0.717, 1.165) is 31.8 Å². The van der Waals surface area contributed by atoms with Gasteiger partial charge < -0.3 is 15.4 Å². The van der Waals surface area contributed by atoms with Crippen LogP contribution in [-0.4, -0.2) is 32.8 Å². The van der Waals surface area contributed by atoms with Gasteiger partial charge in [0.2, 0.25) is 0 Å². The van der Waals surface area contributed by atoms with E-state index in [-0.39, 0.29) is 6.10 Å². The molecule has 0 aliphatic carbocycles. The molecule has 3 heteroatoms. The van der Waals surface area contributed by atoms with Crippen LogP contribution in [0.15, 0.2) is 24.0 Å². The molecule has 0 aromatic heterocycles. The summed E-state index contributed by atoms with van der Waals surface area (Å²) in [4.78, 5) is 0. The fourth-order valence-corrected chi connectivity index (χ4v) is 1.34. The molecule has 0 saturated heterocycles. The van der Waals surface area contributed by atoms with Crippen LogP contribution >= 0.6 is 0 Å². The van der Waals surface area contributed by atoms with Gasteiger partial charge in [0.25, 0.3) is 0 Å². The molecule has 1 aliphatic heterocycles. The Kier molecular flexibility index (Phi) is 5.33. The largest absolute Gasteiger partial charge is 0.490 e. The van der Waals surface area contributed by atoms with Gasteiger partial charge in [-0.3, -0.25) is 0 Å². The molecule has 0 aromatic rings. The monoisotopic (exact) mass is 196 g/mol. The van der Waals surface area contributed by atoms with Gasteiger partial charge in [0.1, 0.15) is 11.9 Å². The van der Waals surface area contributed by atoms with Crippen molar-refractivity contribution in [3.63, 3.8) is 0 Å². The SMILES string of the molecule is CNCCCNCC1=CC=CC(C)O1. The topological polar surface area (TPSA) is 33.3 Å². The van der Waals surface area contributed by atoms with E-state index in [0.29, 0.717) is 0 Å². The molecule has 0 radical (unpaired) electrons. The first-order valence-corrected chi connectivity index (χ1v) is 5.22. The summed E-state index contributed by atoms with van der Waals surface area (Å²) in [7, 11) is 1.97. The molecular formula is C11H20N2O. The van der Waals surface area contributed by atoms with Crippen molar-refractivity contribution in [1.82, 2.24) is 10.6 Å². The van der Waals surface area contributed by atoms with Gasteiger partial charge in [-0.1, -0.05) is 6.08 Å². The second-order valence-corrected chi connectivity index (χ2v) is 3.47. The minimum Gasteiger partial charge on any atom is -0.490 e. The summed E-state index contributed by atoms with van der Waals surface area (Å²) in [5, 5.41) is 6.46. The fraction of sp³-hybridized carbons (Fsp3) is 0.636. The Hall–Kier alpha value is -0.800. The van der Waals surface area contributed by atoms with Crippen molar-refractivity contribution in [3.8, 4) is 0 Å². The Morgan fingerprint density at radius 1 is 1.43 bits per heavy atom. The molecule has 2 N–H and O–H groups in total. The quantitative estimate of drug-likeness (QED) is 0.623. The highest BCUT2D eigenvalue weighted by atomic mass is 16.5. The standard InChI is InChI=1S/C11H20N2O/c1-10-5-3-6-11(14-10)9-13-8-4-7-12-2/h3,5-6,10,12-13H,4,7-9H2,1-2H3. The van der Waals surface area contributed by atoms with E-state index >= 15 is 0 Å². The first kappa shape index (κ1) is 11.3. The van der Waals surface area contributed by atoms with Gasteiger partial charge in [0, 0.05) is 0 Å². The van der Waals surface area contributed by atoms with Crippen molar-refractivity contribution in [2.75, 3.05) is 26.7 Å². The molecule has 80 valence electrons. The van der Waals surface area contributed by atoms with Crippen molar-refractivity contribution in [1.29, 1.82) is 0 Å².